The fraction of sp³-hybridized carbons (Fsp3) is 0.684. The van der Waals surface area contributed by atoms with E-state index in [1.807, 2.05) is 19.9 Å². The molecule has 2 aliphatic carbocycles. The Morgan fingerprint density at radius 3 is 2.79 bits per heavy atom. The molecule has 0 amide bonds. The Hall–Kier alpha value is -1.62. The number of carbonyl (C=O) groups is 2. The average Bonchev–Trinajstić information content (AvgIpc) is 2.78. The lowest BCUT2D eigenvalue weighted by Gasteiger charge is -2.53. The maximum absolute atomic E-state index is 12.1. The van der Waals surface area contributed by atoms with Crippen molar-refractivity contribution in [2.75, 3.05) is 0 Å². The highest BCUT2D eigenvalue weighted by Gasteiger charge is 2.61. The number of hydrogen-bond donors (Lipinski definition) is 1. The third-order valence-electron chi connectivity index (χ3n) is 6.00. The second-order valence-electron chi connectivity index (χ2n) is 7.94. The Kier molecular flexibility index (Phi) is 4.11. The number of carbonyl (C=O) groups excluding carboxylic acids is 2. The molecule has 0 radical (unpaired) electrons. The van der Waals surface area contributed by atoms with Gasteiger partial charge in [0.05, 0.1) is 17.9 Å². The van der Waals surface area contributed by atoms with Gasteiger partial charge in [0.25, 0.3) is 0 Å². The van der Waals surface area contributed by atoms with Crippen molar-refractivity contribution in [1.29, 1.82) is 0 Å². The predicted molar refractivity (Wildman–Crippen MR) is 87.8 cm³/mol. The minimum absolute atomic E-state index is 0.0801. The van der Waals surface area contributed by atoms with Crippen molar-refractivity contribution in [2.24, 2.45) is 23.2 Å². The number of rotatable bonds is 2. The molecule has 1 aliphatic heterocycles. The van der Waals surface area contributed by atoms with Gasteiger partial charge in [0, 0.05) is 16.9 Å². The number of esters is 2. The molecule has 0 aromatic heterocycles. The van der Waals surface area contributed by atoms with Gasteiger partial charge in [-0.1, -0.05) is 39.0 Å². The van der Waals surface area contributed by atoms with Crippen LogP contribution in [0.3, 0.4) is 0 Å². The molecule has 1 N–H and O–H groups in total. The lowest BCUT2D eigenvalue weighted by Crippen LogP contribution is -2.57. The number of ether oxygens (including phenoxy) is 2. The summed E-state index contributed by atoms with van der Waals surface area (Å²) in [6, 6.07) is 0. The van der Waals surface area contributed by atoms with Crippen LogP contribution in [0.1, 0.15) is 40.5 Å². The molecule has 0 bridgehead atoms. The molecule has 3 aliphatic rings. The third-order valence-corrected chi connectivity index (χ3v) is 6.00. The maximum atomic E-state index is 12.1. The molecule has 0 spiro atoms. The first-order valence-corrected chi connectivity index (χ1v) is 8.61. The Morgan fingerprint density at radius 2 is 2.17 bits per heavy atom. The summed E-state index contributed by atoms with van der Waals surface area (Å²) < 4.78 is 11.3. The lowest BCUT2D eigenvalue weighted by atomic mass is 9.54. The van der Waals surface area contributed by atoms with Crippen molar-refractivity contribution in [3.8, 4) is 0 Å². The second kappa shape index (κ2) is 5.73. The minimum Gasteiger partial charge on any atom is -0.461 e. The molecule has 2 fully saturated rings. The van der Waals surface area contributed by atoms with Gasteiger partial charge >= 0.3 is 11.9 Å². The van der Waals surface area contributed by atoms with Crippen LogP contribution in [0.2, 0.25) is 0 Å². The van der Waals surface area contributed by atoms with Crippen LogP contribution in [-0.2, 0) is 19.1 Å². The zero-order valence-corrected chi connectivity index (χ0v) is 14.7. The van der Waals surface area contributed by atoms with Crippen molar-refractivity contribution in [3.63, 3.8) is 0 Å². The van der Waals surface area contributed by atoms with Crippen molar-refractivity contribution in [2.45, 2.75) is 58.8 Å². The monoisotopic (exact) mass is 334 g/mol. The molecule has 0 aromatic rings. The van der Waals surface area contributed by atoms with E-state index < -0.39 is 29.7 Å². The van der Waals surface area contributed by atoms with Crippen LogP contribution in [-0.4, -0.2) is 35.4 Å². The first-order chi connectivity index (χ1) is 11.2. The summed E-state index contributed by atoms with van der Waals surface area (Å²) in [5.41, 5.74) is 0.998. The van der Waals surface area contributed by atoms with E-state index in [2.05, 4.69) is 6.58 Å². The van der Waals surface area contributed by atoms with Gasteiger partial charge in [-0.15, -0.1) is 0 Å². The number of fused-ring (bicyclic) bond motifs is 3. The number of aliphatic hydroxyl groups is 1. The SMILES string of the molecule is C=C1C(=O)OC2C1C(OC(=O)C(C)C)CC1(C)C(O)CC=C(C)C21. The summed E-state index contributed by atoms with van der Waals surface area (Å²) in [4.78, 5) is 24.3. The summed E-state index contributed by atoms with van der Waals surface area (Å²) in [6.07, 6.45) is 1.60. The largest absolute Gasteiger partial charge is 0.461 e. The zero-order chi connectivity index (χ0) is 17.8. The highest BCUT2D eigenvalue weighted by Crippen LogP contribution is 2.56. The highest BCUT2D eigenvalue weighted by atomic mass is 16.6. The molecule has 24 heavy (non-hydrogen) atoms. The van der Waals surface area contributed by atoms with Gasteiger partial charge in [-0.05, 0) is 19.8 Å². The molecule has 6 atom stereocenters. The van der Waals surface area contributed by atoms with Crippen LogP contribution in [0.5, 0.6) is 0 Å². The topological polar surface area (TPSA) is 72.8 Å². The van der Waals surface area contributed by atoms with Crippen molar-refractivity contribution >= 4 is 11.9 Å². The molecule has 5 heteroatoms. The van der Waals surface area contributed by atoms with Crippen LogP contribution >= 0.6 is 0 Å². The highest BCUT2D eigenvalue weighted by molar-refractivity contribution is 5.91. The maximum Gasteiger partial charge on any atom is 0.334 e. The van der Waals surface area contributed by atoms with Crippen molar-refractivity contribution in [1.82, 2.24) is 0 Å². The van der Waals surface area contributed by atoms with E-state index >= 15 is 0 Å². The minimum atomic E-state index is -0.556. The van der Waals surface area contributed by atoms with Gasteiger partial charge in [-0.2, -0.15) is 0 Å². The van der Waals surface area contributed by atoms with Crippen LogP contribution in [0, 0.1) is 23.2 Å². The van der Waals surface area contributed by atoms with Gasteiger partial charge < -0.3 is 14.6 Å². The smallest absolute Gasteiger partial charge is 0.334 e. The third kappa shape index (κ3) is 2.41. The zero-order valence-electron chi connectivity index (χ0n) is 14.7. The van der Waals surface area contributed by atoms with Crippen molar-refractivity contribution in [3.05, 3.63) is 23.8 Å². The van der Waals surface area contributed by atoms with Gasteiger partial charge in [0.15, 0.2) is 0 Å². The first kappa shape index (κ1) is 17.2. The fourth-order valence-electron chi connectivity index (χ4n) is 4.60. The molecule has 6 unspecified atom stereocenters. The first-order valence-electron chi connectivity index (χ1n) is 8.61. The molecular formula is C19H26O5. The van der Waals surface area contributed by atoms with Crippen LogP contribution < -0.4 is 0 Å². The molecule has 0 aromatic carbocycles. The Morgan fingerprint density at radius 1 is 1.50 bits per heavy atom. The van der Waals surface area contributed by atoms with Gasteiger partial charge in [-0.3, -0.25) is 4.79 Å². The molecule has 5 nitrogen and oxygen atoms in total. The Bertz CT molecular complexity index is 619. The van der Waals surface area contributed by atoms with Crippen LogP contribution in [0.15, 0.2) is 23.8 Å². The number of aliphatic hydroxyl groups excluding tert-OH is 1. The standard InChI is InChI=1S/C19H26O5/c1-9(2)17(21)23-12-8-19(5)13(20)7-6-10(3)15(19)16-14(12)11(4)18(22)24-16/h6,9,12-16,20H,4,7-8H2,1-3,5H3. The van der Waals surface area contributed by atoms with E-state index in [0.29, 0.717) is 18.4 Å². The molecular weight excluding hydrogens is 308 g/mol. The van der Waals surface area contributed by atoms with Crippen LogP contribution in [0.25, 0.3) is 0 Å². The fourth-order valence-corrected chi connectivity index (χ4v) is 4.60. The van der Waals surface area contributed by atoms with E-state index in [1.165, 1.54) is 0 Å². The van der Waals surface area contributed by atoms with Crippen molar-refractivity contribution < 1.29 is 24.2 Å². The van der Waals surface area contributed by atoms with Gasteiger partial charge in [-0.25, -0.2) is 4.79 Å². The van der Waals surface area contributed by atoms with E-state index in [0.717, 1.165) is 5.57 Å². The summed E-state index contributed by atoms with van der Waals surface area (Å²) >= 11 is 0. The normalized spacial score (nSPS) is 41.4. The summed E-state index contributed by atoms with van der Waals surface area (Å²) in [7, 11) is 0. The predicted octanol–water partition coefficient (Wildman–Crippen LogP) is 2.39. The van der Waals surface area contributed by atoms with E-state index in [-0.39, 0.29) is 23.7 Å². The summed E-state index contributed by atoms with van der Waals surface area (Å²) in [5, 5.41) is 10.6. The Labute approximate surface area is 142 Å². The molecule has 3 rings (SSSR count). The van der Waals surface area contributed by atoms with Crippen LogP contribution in [0.4, 0.5) is 0 Å². The van der Waals surface area contributed by atoms with E-state index in [1.54, 1.807) is 13.8 Å². The molecule has 132 valence electrons. The lowest BCUT2D eigenvalue weighted by molar-refractivity contribution is -0.178. The summed E-state index contributed by atoms with van der Waals surface area (Å²) in [5.74, 6) is -1.40. The Balaban J connectivity index is 2.01. The molecule has 1 saturated heterocycles. The quantitative estimate of drug-likeness (QED) is 0.477. The average molecular weight is 334 g/mol. The second-order valence-corrected chi connectivity index (χ2v) is 7.94. The van der Waals surface area contributed by atoms with E-state index in [4.69, 9.17) is 9.47 Å². The summed E-state index contributed by atoms with van der Waals surface area (Å²) in [6.45, 7) is 11.5. The number of hydrogen-bond acceptors (Lipinski definition) is 5. The van der Waals surface area contributed by atoms with E-state index in [9.17, 15) is 14.7 Å². The molecule has 1 heterocycles. The van der Waals surface area contributed by atoms with Gasteiger partial charge in [0.2, 0.25) is 0 Å². The van der Waals surface area contributed by atoms with Gasteiger partial charge in [0.1, 0.15) is 12.2 Å². The molecule has 1 saturated carbocycles.